The van der Waals surface area contributed by atoms with Gasteiger partial charge in [-0.15, -0.1) is 0 Å². The number of rotatable bonds is 3. The van der Waals surface area contributed by atoms with Gasteiger partial charge in [0.05, 0.1) is 18.8 Å². The summed E-state index contributed by atoms with van der Waals surface area (Å²) in [6.07, 6.45) is 0.0546. The number of hydrogen-bond donors (Lipinski definition) is 3. The number of aliphatic hydroxyl groups excluding tert-OH is 1. The van der Waals surface area contributed by atoms with Crippen molar-refractivity contribution < 1.29 is 19.7 Å². The van der Waals surface area contributed by atoms with E-state index in [1.54, 1.807) is 7.11 Å². The van der Waals surface area contributed by atoms with Crippen LogP contribution in [0.25, 0.3) is 0 Å². The lowest BCUT2D eigenvalue weighted by Crippen LogP contribution is -2.39. The first-order valence-corrected chi connectivity index (χ1v) is 7.44. The molecule has 3 heterocycles. The molecule has 1 unspecified atom stereocenters. The molecular weight excluding hydrogens is 288 g/mol. The van der Waals surface area contributed by atoms with E-state index in [1.165, 1.54) is 4.90 Å². The van der Waals surface area contributed by atoms with Crippen molar-refractivity contribution in [3.05, 3.63) is 17.1 Å². The summed E-state index contributed by atoms with van der Waals surface area (Å²) in [5, 5.41) is 23.0. The minimum Gasteiger partial charge on any atom is -0.481 e. The maximum Gasteiger partial charge on any atom is 0.407 e. The number of aromatic nitrogens is 2. The molecule has 1 aromatic heterocycles. The Morgan fingerprint density at radius 1 is 1.50 bits per heavy atom. The third-order valence-electron chi connectivity index (χ3n) is 4.28. The minimum atomic E-state index is -1.04. The van der Waals surface area contributed by atoms with Gasteiger partial charge in [-0.3, -0.25) is 0 Å². The van der Waals surface area contributed by atoms with Crippen LogP contribution >= 0.6 is 0 Å². The summed E-state index contributed by atoms with van der Waals surface area (Å²) in [5.74, 6) is 0.706. The summed E-state index contributed by atoms with van der Waals surface area (Å²) < 4.78 is 5.32. The van der Waals surface area contributed by atoms with E-state index in [9.17, 15) is 15.0 Å². The second-order valence-electron chi connectivity index (χ2n) is 5.57. The lowest BCUT2D eigenvalue weighted by molar-refractivity contribution is 0.0619. The van der Waals surface area contributed by atoms with Crippen molar-refractivity contribution in [2.24, 2.45) is 0 Å². The van der Waals surface area contributed by atoms with Gasteiger partial charge in [0.25, 0.3) is 0 Å². The maximum absolute atomic E-state index is 11.2. The molecule has 0 saturated carbocycles. The first kappa shape index (κ1) is 15.0. The fraction of sp³-hybridized carbons (Fsp3) is 0.643. The molecule has 3 rings (SSSR count). The van der Waals surface area contributed by atoms with Crippen LogP contribution in [0, 0.1) is 0 Å². The number of carbonyl (C=O) groups is 1. The van der Waals surface area contributed by atoms with Crippen molar-refractivity contribution in [3.63, 3.8) is 0 Å². The number of nitrogens with one attached hydrogen (secondary N) is 1. The highest BCUT2D eigenvalue weighted by Crippen LogP contribution is 2.30. The monoisotopic (exact) mass is 308 g/mol. The zero-order valence-corrected chi connectivity index (χ0v) is 12.4. The highest BCUT2D eigenvalue weighted by Gasteiger charge is 2.36. The van der Waals surface area contributed by atoms with Crippen molar-refractivity contribution in [1.29, 1.82) is 0 Å². The molecule has 1 aromatic rings. The third kappa shape index (κ3) is 2.59. The van der Waals surface area contributed by atoms with Crippen molar-refractivity contribution >= 4 is 6.09 Å². The Bertz CT molecular complexity index is 563. The van der Waals surface area contributed by atoms with Gasteiger partial charge < -0.3 is 25.2 Å². The van der Waals surface area contributed by atoms with Crippen LogP contribution < -0.4 is 10.1 Å². The summed E-state index contributed by atoms with van der Waals surface area (Å²) in [7, 11) is 1.54. The van der Waals surface area contributed by atoms with Gasteiger partial charge in [0.2, 0.25) is 5.88 Å². The fourth-order valence-corrected chi connectivity index (χ4v) is 3.17. The molecule has 2 aliphatic heterocycles. The summed E-state index contributed by atoms with van der Waals surface area (Å²) in [4.78, 5) is 21.3. The number of amides is 1. The molecule has 22 heavy (non-hydrogen) atoms. The Morgan fingerprint density at radius 3 is 3.05 bits per heavy atom. The molecule has 1 saturated heterocycles. The number of ether oxygens (including phenoxy) is 1. The molecule has 0 radical (unpaired) electrons. The standard InChI is InChI=1S/C14H20N4O4/c1-22-13-8-4-5-15-7-9(8)16-12(17-13)11(19)10-3-2-6-18(10)14(20)21/h10-11,15,19H,2-7H2,1H3,(H,20,21)/t10-,11?/m0/s1. The zero-order valence-electron chi connectivity index (χ0n) is 12.4. The number of aliphatic hydroxyl groups is 1. The number of methoxy groups -OCH3 is 1. The Labute approximate surface area is 128 Å². The maximum atomic E-state index is 11.2. The van der Waals surface area contributed by atoms with Gasteiger partial charge >= 0.3 is 6.09 Å². The number of fused-ring (bicyclic) bond motifs is 1. The topological polar surface area (TPSA) is 108 Å². The molecule has 120 valence electrons. The van der Waals surface area contributed by atoms with Crippen LogP contribution in [0.3, 0.4) is 0 Å². The van der Waals surface area contributed by atoms with E-state index in [0.29, 0.717) is 25.4 Å². The van der Waals surface area contributed by atoms with Crippen LogP contribution in [0.1, 0.15) is 36.0 Å². The molecule has 1 fully saturated rings. The van der Waals surface area contributed by atoms with Gasteiger partial charge in [-0.2, -0.15) is 4.98 Å². The predicted octanol–water partition coefficient (Wildman–Crippen LogP) is 0.307. The summed E-state index contributed by atoms with van der Waals surface area (Å²) in [6.45, 7) is 1.87. The van der Waals surface area contributed by atoms with Gasteiger partial charge in [-0.05, 0) is 25.8 Å². The second kappa shape index (κ2) is 6.05. The number of carboxylic acid groups (broad SMARTS) is 1. The molecule has 3 N–H and O–H groups in total. The Kier molecular flexibility index (Phi) is 4.12. The van der Waals surface area contributed by atoms with E-state index >= 15 is 0 Å². The van der Waals surface area contributed by atoms with Crippen LogP contribution in [-0.4, -0.2) is 57.4 Å². The largest absolute Gasteiger partial charge is 0.481 e. The molecule has 1 amide bonds. The summed E-state index contributed by atoms with van der Waals surface area (Å²) >= 11 is 0. The average molecular weight is 308 g/mol. The molecule has 2 aliphatic rings. The lowest BCUT2D eigenvalue weighted by atomic mass is 10.1. The van der Waals surface area contributed by atoms with Crippen molar-refractivity contribution in [2.75, 3.05) is 20.2 Å². The van der Waals surface area contributed by atoms with E-state index in [2.05, 4.69) is 15.3 Å². The second-order valence-corrected chi connectivity index (χ2v) is 5.57. The van der Waals surface area contributed by atoms with Gasteiger partial charge in [0, 0.05) is 18.7 Å². The first-order chi connectivity index (χ1) is 10.6. The molecule has 0 aromatic carbocycles. The van der Waals surface area contributed by atoms with E-state index in [4.69, 9.17) is 4.74 Å². The molecule has 2 atom stereocenters. The van der Waals surface area contributed by atoms with E-state index in [-0.39, 0.29) is 5.82 Å². The molecular formula is C14H20N4O4. The molecule has 0 spiro atoms. The Balaban J connectivity index is 1.92. The Morgan fingerprint density at radius 2 is 2.32 bits per heavy atom. The van der Waals surface area contributed by atoms with Crippen LogP contribution in [0.2, 0.25) is 0 Å². The lowest BCUT2D eigenvalue weighted by Gasteiger charge is -2.27. The average Bonchev–Trinajstić information content (AvgIpc) is 3.02. The van der Waals surface area contributed by atoms with Crippen LogP contribution in [0.5, 0.6) is 5.88 Å². The number of hydrogen-bond acceptors (Lipinski definition) is 6. The van der Waals surface area contributed by atoms with Gasteiger partial charge in [0.1, 0.15) is 6.10 Å². The Hall–Kier alpha value is -1.93. The summed E-state index contributed by atoms with van der Waals surface area (Å²) in [6, 6.07) is -0.503. The van der Waals surface area contributed by atoms with Crippen LogP contribution in [0.4, 0.5) is 4.79 Å². The highest BCUT2D eigenvalue weighted by molar-refractivity contribution is 5.66. The SMILES string of the molecule is COc1nc(C(O)[C@@H]2CCCN2C(=O)O)nc2c1CCNC2. The van der Waals surface area contributed by atoms with Crippen molar-refractivity contribution in [2.45, 2.75) is 38.0 Å². The van der Waals surface area contributed by atoms with E-state index in [0.717, 1.165) is 30.6 Å². The molecule has 0 aliphatic carbocycles. The normalized spacial score (nSPS) is 22.3. The minimum absolute atomic E-state index is 0.234. The number of nitrogens with zero attached hydrogens (tertiary/aromatic N) is 3. The first-order valence-electron chi connectivity index (χ1n) is 7.44. The highest BCUT2D eigenvalue weighted by atomic mass is 16.5. The molecule has 8 nitrogen and oxygen atoms in total. The molecule has 0 bridgehead atoms. The fourth-order valence-electron chi connectivity index (χ4n) is 3.17. The smallest absolute Gasteiger partial charge is 0.407 e. The van der Waals surface area contributed by atoms with Gasteiger partial charge in [-0.25, -0.2) is 9.78 Å². The van der Waals surface area contributed by atoms with E-state index in [1.807, 2.05) is 0 Å². The predicted molar refractivity (Wildman–Crippen MR) is 76.7 cm³/mol. The third-order valence-corrected chi connectivity index (χ3v) is 4.28. The number of likely N-dealkylation sites (tertiary alicyclic amines) is 1. The van der Waals surface area contributed by atoms with E-state index < -0.39 is 18.2 Å². The van der Waals surface area contributed by atoms with Crippen LogP contribution in [0.15, 0.2) is 0 Å². The van der Waals surface area contributed by atoms with Gasteiger partial charge in [-0.1, -0.05) is 0 Å². The molecule has 8 heteroatoms. The van der Waals surface area contributed by atoms with Gasteiger partial charge in [0.15, 0.2) is 5.82 Å². The van der Waals surface area contributed by atoms with Crippen molar-refractivity contribution in [3.8, 4) is 5.88 Å². The summed E-state index contributed by atoms with van der Waals surface area (Å²) in [5.41, 5.74) is 1.77. The quantitative estimate of drug-likeness (QED) is 0.737. The van der Waals surface area contributed by atoms with Crippen molar-refractivity contribution in [1.82, 2.24) is 20.2 Å². The zero-order chi connectivity index (χ0) is 15.7. The van der Waals surface area contributed by atoms with Crippen LogP contribution in [-0.2, 0) is 13.0 Å².